The second-order valence-corrected chi connectivity index (χ2v) is 13.1. The minimum absolute atomic E-state index is 0.305. The Hall–Kier alpha value is -3.63. The van der Waals surface area contributed by atoms with Crippen LogP contribution in [0.2, 0.25) is 0 Å². The number of rotatable bonds is 11. The summed E-state index contributed by atoms with van der Waals surface area (Å²) in [4.78, 5) is 26.5. The van der Waals surface area contributed by atoms with Crippen LogP contribution in [0.15, 0.2) is 52.2 Å². The quantitative estimate of drug-likeness (QED) is 0.231. The van der Waals surface area contributed by atoms with Gasteiger partial charge in [-0.1, -0.05) is 52.8 Å². The van der Waals surface area contributed by atoms with E-state index in [9.17, 15) is 18.0 Å². The molecular formula is C30H40N4O5S. The van der Waals surface area contributed by atoms with Gasteiger partial charge in [0.05, 0.1) is 19.1 Å². The molecule has 3 N–H and O–H groups in total. The fourth-order valence-electron chi connectivity index (χ4n) is 4.30. The van der Waals surface area contributed by atoms with Gasteiger partial charge in [-0.15, -0.1) is 0 Å². The molecule has 3 aromatic rings. The number of anilines is 1. The fourth-order valence-corrected chi connectivity index (χ4v) is 4.85. The maximum atomic E-state index is 12.6. The molecule has 9 nitrogen and oxygen atoms in total. The highest BCUT2D eigenvalue weighted by molar-refractivity contribution is 7.92. The summed E-state index contributed by atoms with van der Waals surface area (Å²) in [7, 11) is -1.80. The van der Waals surface area contributed by atoms with E-state index in [1.165, 1.54) is 16.8 Å². The summed E-state index contributed by atoms with van der Waals surface area (Å²) in [5.74, 6) is 1.24. The zero-order valence-electron chi connectivity index (χ0n) is 24.3. The first-order valence-corrected chi connectivity index (χ1v) is 15.1. The molecule has 0 aliphatic rings. The molecule has 0 unspecified atom stereocenters. The lowest BCUT2D eigenvalue weighted by Gasteiger charge is -2.25. The normalized spacial score (nSPS) is 12.3. The predicted molar refractivity (Wildman–Crippen MR) is 163 cm³/mol. The van der Waals surface area contributed by atoms with Crippen molar-refractivity contribution in [3.8, 4) is 11.4 Å². The highest BCUT2D eigenvalue weighted by Gasteiger charge is 2.22. The Balaban J connectivity index is 2.11. The van der Waals surface area contributed by atoms with Crippen molar-refractivity contribution < 1.29 is 13.2 Å². The van der Waals surface area contributed by atoms with Crippen molar-refractivity contribution in [2.24, 2.45) is 5.92 Å². The van der Waals surface area contributed by atoms with Gasteiger partial charge in [-0.25, -0.2) is 13.2 Å². The molecule has 3 rings (SSSR count). The summed E-state index contributed by atoms with van der Waals surface area (Å²) in [6, 6.07) is 10.5. The third kappa shape index (κ3) is 8.43. The summed E-state index contributed by atoms with van der Waals surface area (Å²) in [5, 5.41) is 3.45. The van der Waals surface area contributed by atoms with E-state index in [0.717, 1.165) is 41.5 Å². The molecule has 2 aromatic carbocycles. The SMILES string of the molecule is COc1c(/C=C/c2ccc(NS(C)(=O)=O)cc2CNCCC(C)C)cc(-n2ccc(=O)[nH]c2=O)cc1C(C)(C)C. The Morgan fingerprint density at radius 1 is 1.05 bits per heavy atom. The van der Waals surface area contributed by atoms with E-state index in [1.807, 2.05) is 36.4 Å². The summed E-state index contributed by atoms with van der Waals surface area (Å²) in [6.07, 6.45) is 7.48. The summed E-state index contributed by atoms with van der Waals surface area (Å²) in [5.41, 5.74) is 3.26. The molecule has 1 heterocycles. The van der Waals surface area contributed by atoms with Crippen molar-refractivity contribution in [1.82, 2.24) is 14.9 Å². The van der Waals surface area contributed by atoms with Crippen molar-refractivity contribution in [2.45, 2.75) is 53.0 Å². The maximum Gasteiger partial charge on any atom is 0.332 e. The second kappa shape index (κ2) is 12.7. The number of sulfonamides is 1. The van der Waals surface area contributed by atoms with E-state index in [-0.39, 0.29) is 5.41 Å². The average Bonchev–Trinajstić information content (AvgIpc) is 2.84. The van der Waals surface area contributed by atoms with Crippen molar-refractivity contribution in [2.75, 3.05) is 24.6 Å². The third-order valence-electron chi connectivity index (χ3n) is 6.32. The smallest absolute Gasteiger partial charge is 0.332 e. The van der Waals surface area contributed by atoms with E-state index in [2.05, 4.69) is 49.6 Å². The lowest BCUT2D eigenvalue weighted by Crippen LogP contribution is -2.28. The number of methoxy groups -OCH3 is 1. The van der Waals surface area contributed by atoms with Gasteiger partial charge in [0, 0.05) is 35.6 Å². The van der Waals surface area contributed by atoms with Crippen LogP contribution in [0.25, 0.3) is 17.8 Å². The van der Waals surface area contributed by atoms with Gasteiger partial charge in [-0.2, -0.15) is 0 Å². The Morgan fingerprint density at radius 2 is 1.75 bits per heavy atom. The molecule has 216 valence electrons. The van der Waals surface area contributed by atoms with E-state index < -0.39 is 21.3 Å². The Morgan fingerprint density at radius 3 is 2.35 bits per heavy atom. The monoisotopic (exact) mass is 568 g/mol. The summed E-state index contributed by atoms with van der Waals surface area (Å²) < 4.78 is 33.4. The van der Waals surface area contributed by atoms with Gasteiger partial charge in [-0.05, 0) is 59.7 Å². The van der Waals surface area contributed by atoms with Crippen LogP contribution in [0, 0.1) is 5.92 Å². The molecule has 0 bridgehead atoms. The van der Waals surface area contributed by atoms with Crippen LogP contribution in [0.3, 0.4) is 0 Å². The first-order valence-electron chi connectivity index (χ1n) is 13.2. The molecule has 0 atom stereocenters. The molecule has 0 aliphatic heterocycles. The molecule has 40 heavy (non-hydrogen) atoms. The Bertz CT molecular complexity index is 1600. The van der Waals surface area contributed by atoms with Gasteiger partial charge in [-0.3, -0.25) is 19.1 Å². The fraction of sp³-hybridized carbons (Fsp3) is 0.400. The lowest BCUT2D eigenvalue weighted by atomic mass is 9.84. The third-order valence-corrected chi connectivity index (χ3v) is 6.93. The van der Waals surface area contributed by atoms with E-state index in [4.69, 9.17) is 4.74 Å². The number of ether oxygens (including phenoxy) is 1. The molecule has 0 fully saturated rings. The minimum atomic E-state index is -3.42. The van der Waals surface area contributed by atoms with Crippen LogP contribution in [0.5, 0.6) is 5.75 Å². The largest absolute Gasteiger partial charge is 0.496 e. The Labute approximate surface area is 236 Å². The van der Waals surface area contributed by atoms with Crippen LogP contribution < -0.4 is 26.0 Å². The van der Waals surface area contributed by atoms with Crippen LogP contribution in [-0.4, -0.2) is 37.9 Å². The first-order chi connectivity index (χ1) is 18.7. The number of benzene rings is 2. The van der Waals surface area contributed by atoms with Crippen LogP contribution in [0.1, 0.15) is 63.3 Å². The van der Waals surface area contributed by atoms with Gasteiger partial charge < -0.3 is 10.1 Å². The van der Waals surface area contributed by atoms with Crippen molar-refractivity contribution >= 4 is 27.9 Å². The molecule has 0 saturated heterocycles. The van der Waals surface area contributed by atoms with Gasteiger partial charge in [0.15, 0.2) is 0 Å². The zero-order valence-corrected chi connectivity index (χ0v) is 25.1. The Kier molecular flexibility index (Phi) is 9.81. The summed E-state index contributed by atoms with van der Waals surface area (Å²) >= 11 is 0. The number of hydrogen-bond acceptors (Lipinski definition) is 6. The molecule has 10 heteroatoms. The number of H-pyrrole nitrogens is 1. The standard InChI is InChI=1S/C30H40N4O5S/c1-20(2)12-14-31-19-23-16-24(33-40(7,37)38)11-10-21(23)8-9-22-17-25(34-15-13-27(35)32-29(34)36)18-26(28(22)39-6)30(3,4)5/h8-11,13,15-18,20,31,33H,12,14,19H2,1-7H3,(H,32,35,36)/b9-8+. The van der Waals surface area contributed by atoms with Gasteiger partial charge >= 0.3 is 5.69 Å². The van der Waals surface area contributed by atoms with E-state index in [1.54, 1.807) is 13.2 Å². The number of hydrogen-bond donors (Lipinski definition) is 3. The van der Waals surface area contributed by atoms with Crippen LogP contribution in [0.4, 0.5) is 5.69 Å². The van der Waals surface area contributed by atoms with Crippen molar-refractivity contribution in [3.63, 3.8) is 0 Å². The maximum absolute atomic E-state index is 12.6. The zero-order chi connectivity index (χ0) is 29.7. The van der Waals surface area contributed by atoms with E-state index >= 15 is 0 Å². The van der Waals surface area contributed by atoms with E-state index in [0.29, 0.717) is 29.6 Å². The number of aromatic nitrogens is 2. The highest BCUT2D eigenvalue weighted by Crippen LogP contribution is 2.37. The average molecular weight is 569 g/mol. The van der Waals surface area contributed by atoms with Crippen molar-refractivity contribution in [3.05, 3.63) is 85.7 Å². The van der Waals surface area contributed by atoms with Gasteiger partial charge in [0.25, 0.3) is 5.56 Å². The van der Waals surface area contributed by atoms with Gasteiger partial charge in [0.2, 0.25) is 10.0 Å². The highest BCUT2D eigenvalue weighted by atomic mass is 32.2. The predicted octanol–water partition coefficient (Wildman–Crippen LogP) is 4.51. The molecular weight excluding hydrogens is 528 g/mol. The number of nitrogens with zero attached hydrogens (tertiary/aromatic N) is 1. The van der Waals surface area contributed by atoms with Crippen LogP contribution in [-0.2, 0) is 22.0 Å². The second-order valence-electron chi connectivity index (χ2n) is 11.3. The molecule has 0 spiro atoms. The lowest BCUT2D eigenvalue weighted by molar-refractivity contribution is 0.396. The van der Waals surface area contributed by atoms with Gasteiger partial charge in [0.1, 0.15) is 5.75 Å². The molecule has 0 saturated carbocycles. The minimum Gasteiger partial charge on any atom is -0.496 e. The molecule has 0 amide bonds. The van der Waals surface area contributed by atoms with Crippen molar-refractivity contribution in [1.29, 1.82) is 0 Å². The molecule has 0 aliphatic carbocycles. The molecule has 1 aromatic heterocycles. The first kappa shape index (κ1) is 30.9. The summed E-state index contributed by atoms with van der Waals surface area (Å²) in [6.45, 7) is 11.9. The van der Waals surface area contributed by atoms with Crippen LogP contribution >= 0.6 is 0 Å². The topological polar surface area (TPSA) is 122 Å². The molecule has 0 radical (unpaired) electrons. The number of nitrogens with one attached hydrogen (secondary N) is 3. The number of aromatic amines is 1.